The van der Waals surface area contributed by atoms with Gasteiger partial charge in [0.25, 0.3) is 0 Å². The van der Waals surface area contributed by atoms with Gasteiger partial charge in [-0.25, -0.2) is 0 Å². The van der Waals surface area contributed by atoms with Gasteiger partial charge in [0.05, 0.1) is 6.21 Å². The van der Waals surface area contributed by atoms with Crippen LogP contribution in [0.25, 0.3) is 0 Å². The maximum Gasteiger partial charge on any atom is 0.152 e. The van der Waals surface area contributed by atoms with Gasteiger partial charge in [-0.15, -0.1) is 0 Å². The zero-order chi connectivity index (χ0) is 15.0. The Morgan fingerprint density at radius 3 is 2.55 bits per heavy atom. The molecular formula is C17H24ClNO. The monoisotopic (exact) mass is 293 g/mol. The van der Waals surface area contributed by atoms with Crippen LogP contribution in [0.1, 0.15) is 45.6 Å². The van der Waals surface area contributed by atoms with Crippen molar-refractivity contribution >= 4 is 17.8 Å². The van der Waals surface area contributed by atoms with Gasteiger partial charge < -0.3 is 4.84 Å². The Kier molecular flexibility index (Phi) is 6.80. The number of benzene rings is 1. The lowest BCUT2D eigenvalue weighted by atomic mass is 9.96. The van der Waals surface area contributed by atoms with E-state index in [2.05, 4.69) is 25.6 Å². The minimum Gasteiger partial charge on any atom is -0.385 e. The van der Waals surface area contributed by atoms with Crippen molar-refractivity contribution in [3.63, 3.8) is 0 Å². The highest BCUT2D eigenvalue weighted by Gasteiger charge is 2.21. The molecular weight excluding hydrogens is 270 g/mol. The van der Waals surface area contributed by atoms with Gasteiger partial charge in [-0.3, -0.25) is 0 Å². The smallest absolute Gasteiger partial charge is 0.152 e. The van der Waals surface area contributed by atoms with Crippen LogP contribution < -0.4 is 0 Å². The molecule has 0 aromatic heterocycles. The second-order valence-electron chi connectivity index (χ2n) is 5.68. The second kappa shape index (κ2) is 8.11. The van der Waals surface area contributed by atoms with Crippen molar-refractivity contribution in [2.75, 3.05) is 0 Å². The minimum atomic E-state index is -0.405. The van der Waals surface area contributed by atoms with Crippen LogP contribution >= 0.6 is 11.6 Å². The largest absolute Gasteiger partial charge is 0.385 e. The van der Waals surface area contributed by atoms with Gasteiger partial charge in [-0.05, 0) is 49.5 Å². The number of hydrogen-bond acceptors (Lipinski definition) is 2. The van der Waals surface area contributed by atoms with Crippen LogP contribution in [-0.2, 0) is 4.84 Å². The van der Waals surface area contributed by atoms with Crippen LogP contribution in [0.5, 0.6) is 0 Å². The van der Waals surface area contributed by atoms with Crippen LogP contribution in [0.15, 0.2) is 42.1 Å². The SMILES string of the molecule is C=CC(C)(CCCC(C)C)ON=Cc1ccc(Cl)cc1. The Hall–Kier alpha value is -1.28. The Balaban J connectivity index is 2.50. The van der Waals surface area contributed by atoms with Crippen LogP contribution in [0.3, 0.4) is 0 Å². The predicted molar refractivity (Wildman–Crippen MR) is 87.4 cm³/mol. The van der Waals surface area contributed by atoms with E-state index in [-0.39, 0.29) is 0 Å². The van der Waals surface area contributed by atoms with Gasteiger partial charge in [0, 0.05) is 5.02 Å². The number of nitrogens with zero attached hydrogens (tertiary/aromatic N) is 1. The van der Waals surface area contributed by atoms with E-state index in [9.17, 15) is 0 Å². The fraction of sp³-hybridized carbons (Fsp3) is 0.471. The molecule has 20 heavy (non-hydrogen) atoms. The van der Waals surface area contributed by atoms with Gasteiger partial charge in [-0.2, -0.15) is 0 Å². The number of rotatable bonds is 8. The first kappa shape index (κ1) is 16.8. The molecule has 0 N–H and O–H groups in total. The third kappa shape index (κ3) is 6.25. The van der Waals surface area contributed by atoms with Crippen molar-refractivity contribution in [3.8, 4) is 0 Å². The minimum absolute atomic E-state index is 0.405. The third-order valence-electron chi connectivity index (χ3n) is 3.22. The molecule has 0 amide bonds. The molecule has 1 rings (SSSR count). The average molecular weight is 294 g/mol. The molecule has 1 aromatic rings. The first-order chi connectivity index (χ1) is 9.45. The molecule has 0 aliphatic rings. The average Bonchev–Trinajstić information content (AvgIpc) is 2.41. The Morgan fingerprint density at radius 1 is 1.35 bits per heavy atom. The third-order valence-corrected chi connectivity index (χ3v) is 3.47. The molecule has 0 aliphatic heterocycles. The molecule has 0 saturated heterocycles. The van der Waals surface area contributed by atoms with Gasteiger partial charge in [0.2, 0.25) is 0 Å². The summed E-state index contributed by atoms with van der Waals surface area (Å²) in [6.45, 7) is 10.3. The summed E-state index contributed by atoms with van der Waals surface area (Å²) in [5.41, 5.74) is 0.556. The van der Waals surface area contributed by atoms with Crippen LogP contribution in [0.2, 0.25) is 5.02 Å². The molecule has 2 nitrogen and oxygen atoms in total. The van der Waals surface area contributed by atoms with Crippen LogP contribution in [-0.4, -0.2) is 11.8 Å². The Labute approximate surface area is 127 Å². The molecule has 1 unspecified atom stereocenters. The highest BCUT2D eigenvalue weighted by molar-refractivity contribution is 6.30. The van der Waals surface area contributed by atoms with E-state index in [0.29, 0.717) is 10.9 Å². The van der Waals surface area contributed by atoms with Crippen molar-refractivity contribution < 1.29 is 4.84 Å². The molecule has 3 heteroatoms. The van der Waals surface area contributed by atoms with Crippen LogP contribution in [0, 0.1) is 5.92 Å². The van der Waals surface area contributed by atoms with Crippen molar-refractivity contribution in [1.82, 2.24) is 0 Å². The molecule has 0 aliphatic carbocycles. The zero-order valence-electron chi connectivity index (χ0n) is 12.6. The van der Waals surface area contributed by atoms with Gasteiger partial charge in [-0.1, -0.05) is 55.7 Å². The molecule has 110 valence electrons. The van der Waals surface area contributed by atoms with Crippen molar-refractivity contribution in [1.29, 1.82) is 0 Å². The highest BCUT2D eigenvalue weighted by Crippen LogP contribution is 2.22. The zero-order valence-corrected chi connectivity index (χ0v) is 13.4. The van der Waals surface area contributed by atoms with Gasteiger partial charge >= 0.3 is 0 Å². The molecule has 0 radical (unpaired) electrons. The summed E-state index contributed by atoms with van der Waals surface area (Å²) in [5.74, 6) is 0.710. The lowest BCUT2D eigenvalue weighted by Crippen LogP contribution is -2.23. The summed E-state index contributed by atoms with van der Waals surface area (Å²) in [7, 11) is 0. The number of hydrogen-bond donors (Lipinski definition) is 0. The Morgan fingerprint density at radius 2 is 2.00 bits per heavy atom. The van der Waals surface area contributed by atoms with Crippen molar-refractivity contribution in [2.24, 2.45) is 11.1 Å². The second-order valence-corrected chi connectivity index (χ2v) is 6.12. The standard InChI is InChI=1S/C17H24ClNO/c1-5-17(4,12-6-7-14(2)3)20-19-13-15-8-10-16(18)11-9-15/h5,8-11,13-14H,1,6-7,12H2,2-4H3. The van der Waals surface area contributed by atoms with Crippen LogP contribution in [0.4, 0.5) is 0 Å². The molecule has 0 spiro atoms. The first-order valence-electron chi connectivity index (χ1n) is 7.06. The van der Waals surface area contributed by atoms with Crippen molar-refractivity contribution in [2.45, 2.75) is 45.6 Å². The molecule has 1 aromatic carbocycles. The van der Waals surface area contributed by atoms with E-state index in [0.717, 1.165) is 18.4 Å². The summed E-state index contributed by atoms with van der Waals surface area (Å²) < 4.78 is 0. The number of halogens is 1. The topological polar surface area (TPSA) is 21.6 Å². The maximum atomic E-state index is 5.83. The van der Waals surface area contributed by atoms with E-state index in [1.807, 2.05) is 37.3 Å². The summed E-state index contributed by atoms with van der Waals surface area (Å²) in [5, 5.41) is 4.79. The molecule has 0 fully saturated rings. The summed E-state index contributed by atoms with van der Waals surface area (Å²) in [6.07, 6.45) is 6.74. The first-order valence-corrected chi connectivity index (χ1v) is 7.44. The fourth-order valence-corrected chi connectivity index (χ4v) is 1.93. The summed E-state index contributed by atoms with van der Waals surface area (Å²) >= 11 is 5.83. The van der Waals surface area contributed by atoms with Gasteiger partial charge in [0.15, 0.2) is 5.60 Å². The molecule has 0 heterocycles. The summed E-state index contributed by atoms with van der Waals surface area (Å²) in [4.78, 5) is 5.61. The fourth-order valence-electron chi connectivity index (χ4n) is 1.80. The van der Waals surface area contributed by atoms with E-state index in [1.54, 1.807) is 6.21 Å². The number of oxime groups is 1. The van der Waals surface area contributed by atoms with Crippen molar-refractivity contribution in [3.05, 3.63) is 47.5 Å². The lowest BCUT2D eigenvalue weighted by Gasteiger charge is -2.23. The predicted octanol–water partition coefficient (Wildman–Crippen LogP) is 5.46. The van der Waals surface area contributed by atoms with E-state index in [4.69, 9.17) is 16.4 Å². The lowest BCUT2D eigenvalue weighted by molar-refractivity contribution is 0.00224. The van der Waals surface area contributed by atoms with Gasteiger partial charge in [0.1, 0.15) is 0 Å². The molecule has 0 bridgehead atoms. The van der Waals surface area contributed by atoms with E-state index in [1.165, 1.54) is 6.42 Å². The normalized spacial score (nSPS) is 14.4. The quantitative estimate of drug-likeness (QED) is 0.354. The molecule has 1 atom stereocenters. The maximum absolute atomic E-state index is 5.83. The molecule has 0 saturated carbocycles. The Bertz CT molecular complexity index is 439. The summed E-state index contributed by atoms with van der Waals surface area (Å²) in [6, 6.07) is 7.47. The van der Waals surface area contributed by atoms with E-state index < -0.39 is 5.60 Å². The van der Waals surface area contributed by atoms with E-state index >= 15 is 0 Å². The highest BCUT2D eigenvalue weighted by atomic mass is 35.5.